The van der Waals surface area contributed by atoms with E-state index in [1.165, 1.54) is 12.1 Å². The molecule has 0 aromatic heterocycles. The molecule has 29 heavy (non-hydrogen) atoms. The standard InChI is InChI=1S/C23H28ClFN2O2/c1-3-5-13-26-23(29)21(4-2)27(16-17-9-11-20(25)12-10-17)22(28)15-18-7-6-8-19(24)14-18/h6-12,14,21H,3-5,13,15-16H2,1-2H3,(H,26,29)/t21-/m0/s1. The molecule has 0 aliphatic heterocycles. The number of hydrogen-bond donors (Lipinski definition) is 1. The minimum Gasteiger partial charge on any atom is -0.354 e. The van der Waals surface area contributed by atoms with Crippen LogP contribution in [0.3, 0.4) is 0 Å². The molecule has 0 aliphatic carbocycles. The number of unbranched alkanes of at least 4 members (excludes halogenated alkanes) is 1. The van der Waals surface area contributed by atoms with Gasteiger partial charge in [-0.1, -0.05) is 56.1 Å². The summed E-state index contributed by atoms with van der Waals surface area (Å²) in [6.07, 6.45) is 2.49. The zero-order valence-electron chi connectivity index (χ0n) is 17.0. The maximum atomic E-state index is 13.3. The highest BCUT2D eigenvalue weighted by atomic mass is 35.5. The van der Waals surface area contributed by atoms with Crippen LogP contribution in [-0.4, -0.2) is 29.3 Å². The molecule has 1 N–H and O–H groups in total. The molecule has 0 radical (unpaired) electrons. The van der Waals surface area contributed by atoms with Crippen molar-refractivity contribution in [3.8, 4) is 0 Å². The number of amides is 2. The Balaban J connectivity index is 2.23. The number of rotatable bonds is 10. The molecule has 4 nitrogen and oxygen atoms in total. The van der Waals surface area contributed by atoms with Crippen LogP contribution in [0.15, 0.2) is 48.5 Å². The van der Waals surface area contributed by atoms with Gasteiger partial charge in [0.1, 0.15) is 11.9 Å². The van der Waals surface area contributed by atoms with Crippen LogP contribution in [0, 0.1) is 5.82 Å². The van der Waals surface area contributed by atoms with Crippen molar-refractivity contribution in [3.05, 3.63) is 70.5 Å². The quantitative estimate of drug-likeness (QED) is 0.566. The first-order chi connectivity index (χ1) is 13.9. The third-order valence-corrected chi connectivity index (χ3v) is 4.96. The molecule has 0 heterocycles. The van der Waals surface area contributed by atoms with Crippen LogP contribution in [0.1, 0.15) is 44.2 Å². The summed E-state index contributed by atoms with van der Waals surface area (Å²) in [7, 11) is 0. The van der Waals surface area contributed by atoms with Gasteiger partial charge in [0.25, 0.3) is 0 Å². The van der Waals surface area contributed by atoms with E-state index in [-0.39, 0.29) is 30.6 Å². The van der Waals surface area contributed by atoms with E-state index in [1.54, 1.807) is 35.2 Å². The number of carbonyl (C=O) groups excluding carboxylic acids is 2. The van der Waals surface area contributed by atoms with Gasteiger partial charge in [-0.3, -0.25) is 9.59 Å². The molecule has 156 valence electrons. The van der Waals surface area contributed by atoms with Gasteiger partial charge in [-0.25, -0.2) is 4.39 Å². The summed E-state index contributed by atoms with van der Waals surface area (Å²) in [5.41, 5.74) is 1.55. The minimum absolute atomic E-state index is 0.139. The van der Waals surface area contributed by atoms with Gasteiger partial charge in [-0.15, -0.1) is 0 Å². The molecule has 1 atom stereocenters. The van der Waals surface area contributed by atoms with Crippen molar-refractivity contribution in [1.29, 1.82) is 0 Å². The molecule has 0 saturated heterocycles. The van der Waals surface area contributed by atoms with Crippen LogP contribution < -0.4 is 5.32 Å². The lowest BCUT2D eigenvalue weighted by Gasteiger charge is -2.31. The van der Waals surface area contributed by atoms with Crippen LogP contribution in [0.2, 0.25) is 5.02 Å². The number of nitrogens with zero attached hydrogens (tertiary/aromatic N) is 1. The molecular formula is C23H28ClFN2O2. The highest BCUT2D eigenvalue weighted by molar-refractivity contribution is 6.30. The van der Waals surface area contributed by atoms with Gasteiger partial charge < -0.3 is 10.2 Å². The van der Waals surface area contributed by atoms with Crippen LogP contribution in [-0.2, 0) is 22.6 Å². The molecule has 2 rings (SSSR count). The van der Waals surface area contributed by atoms with E-state index in [0.29, 0.717) is 18.0 Å². The lowest BCUT2D eigenvalue weighted by atomic mass is 10.1. The fourth-order valence-electron chi connectivity index (χ4n) is 3.14. The van der Waals surface area contributed by atoms with E-state index < -0.39 is 6.04 Å². The minimum atomic E-state index is -0.594. The summed E-state index contributed by atoms with van der Waals surface area (Å²) in [5, 5.41) is 3.48. The molecule has 0 spiro atoms. The van der Waals surface area contributed by atoms with Crippen molar-refractivity contribution in [2.45, 2.75) is 52.1 Å². The van der Waals surface area contributed by atoms with Crippen molar-refractivity contribution in [2.24, 2.45) is 0 Å². The van der Waals surface area contributed by atoms with Crippen LogP contribution in [0.4, 0.5) is 4.39 Å². The Kier molecular flexibility index (Phi) is 9.13. The zero-order valence-corrected chi connectivity index (χ0v) is 17.7. The number of halogens is 2. The maximum Gasteiger partial charge on any atom is 0.242 e. The van der Waals surface area contributed by atoms with Crippen molar-refractivity contribution in [1.82, 2.24) is 10.2 Å². The predicted octanol–water partition coefficient (Wildman–Crippen LogP) is 4.75. The smallest absolute Gasteiger partial charge is 0.242 e. The first kappa shape index (κ1) is 22.9. The number of benzene rings is 2. The fraction of sp³-hybridized carbons (Fsp3) is 0.391. The topological polar surface area (TPSA) is 49.4 Å². The Hall–Kier alpha value is -2.40. The first-order valence-electron chi connectivity index (χ1n) is 10.0. The highest BCUT2D eigenvalue weighted by Crippen LogP contribution is 2.17. The second-order valence-corrected chi connectivity index (χ2v) is 7.46. The molecule has 2 aromatic rings. The average molecular weight is 419 g/mol. The molecule has 0 fully saturated rings. The molecule has 2 amide bonds. The SMILES string of the molecule is CCCCNC(=O)[C@H](CC)N(Cc1ccc(F)cc1)C(=O)Cc1cccc(Cl)c1. The van der Waals surface area contributed by atoms with E-state index in [2.05, 4.69) is 12.2 Å². The van der Waals surface area contributed by atoms with Crippen molar-refractivity contribution in [3.63, 3.8) is 0 Å². The van der Waals surface area contributed by atoms with Crippen molar-refractivity contribution >= 4 is 23.4 Å². The highest BCUT2D eigenvalue weighted by Gasteiger charge is 2.28. The molecule has 0 bridgehead atoms. The Morgan fingerprint density at radius 2 is 1.83 bits per heavy atom. The van der Waals surface area contributed by atoms with Gasteiger partial charge >= 0.3 is 0 Å². The second kappa shape index (κ2) is 11.6. The Morgan fingerprint density at radius 3 is 2.45 bits per heavy atom. The molecule has 0 unspecified atom stereocenters. The summed E-state index contributed by atoms with van der Waals surface area (Å²) in [5.74, 6) is -0.675. The lowest BCUT2D eigenvalue weighted by Crippen LogP contribution is -2.49. The normalized spacial score (nSPS) is 11.7. The van der Waals surface area contributed by atoms with Crippen LogP contribution >= 0.6 is 11.6 Å². The molecular weight excluding hydrogens is 391 g/mol. The largest absolute Gasteiger partial charge is 0.354 e. The summed E-state index contributed by atoms with van der Waals surface area (Å²) in [4.78, 5) is 27.5. The van der Waals surface area contributed by atoms with Gasteiger partial charge in [-0.2, -0.15) is 0 Å². The second-order valence-electron chi connectivity index (χ2n) is 7.02. The predicted molar refractivity (Wildman–Crippen MR) is 114 cm³/mol. The van der Waals surface area contributed by atoms with Crippen LogP contribution in [0.5, 0.6) is 0 Å². The number of carbonyl (C=O) groups is 2. The van der Waals surface area contributed by atoms with Crippen LogP contribution in [0.25, 0.3) is 0 Å². The van der Waals surface area contributed by atoms with Gasteiger partial charge in [0.15, 0.2) is 0 Å². The van der Waals surface area contributed by atoms with Gasteiger partial charge in [0.2, 0.25) is 11.8 Å². The third kappa shape index (κ3) is 7.17. The average Bonchev–Trinajstić information content (AvgIpc) is 2.69. The van der Waals surface area contributed by atoms with Gasteiger partial charge in [0, 0.05) is 18.1 Å². The van der Waals surface area contributed by atoms with E-state index in [4.69, 9.17) is 11.6 Å². The lowest BCUT2D eigenvalue weighted by molar-refractivity contribution is -0.140. The molecule has 6 heteroatoms. The molecule has 0 aliphatic rings. The molecule has 2 aromatic carbocycles. The van der Waals surface area contributed by atoms with Gasteiger partial charge in [-0.05, 0) is 48.2 Å². The third-order valence-electron chi connectivity index (χ3n) is 4.73. The Morgan fingerprint density at radius 1 is 1.10 bits per heavy atom. The van der Waals surface area contributed by atoms with E-state index in [0.717, 1.165) is 24.0 Å². The summed E-state index contributed by atoms with van der Waals surface area (Å²) >= 11 is 6.04. The zero-order chi connectivity index (χ0) is 21.2. The molecule has 0 saturated carbocycles. The summed E-state index contributed by atoms with van der Waals surface area (Å²) < 4.78 is 13.3. The van der Waals surface area contributed by atoms with E-state index in [9.17, 15) is 14.0 Å². The summed E-state index contributed by atoms with van der Waals surface area (Å²) in [6.45, 7) is 4.76. The number of nitrogens with one attached hydrogen (secondary N) is 1. The first-order valence-corrected chi connectivity index (χ1v) is 10.4. The monoisotopic (exact) mass is 418 g/mol. The van der Waals surface area contributed by atoms with Crippen molar-refractivity contribution in [2.75, 3.05) is 6.54 Å². The summed E-state index contributed by atoms with van der Waals surface area (Å²) in [6, 6.07) is 12.5. The number of hydrogen-bond acceptors (Lipinski definition) is 2. The maximum absolute atomic E-state index is 13.3. The Bertz CT molecular complexity index is 811. The van der Waals surface area contributed by atoms with Gasteiger partial charge in [0.05, 0.1) is 6.42 Å². The fourth-order valence-corrected chi connectivity index (χ4v) is 3.35. The van der Waals surface area contributed by atoms with E-state index >= 15 is 0 Å². The van der Waals surface area contributed by atoms with E-state index in [1.807, 2.05) is 13.0 Å². The van der Waals surface area contributed by atoms with Crippen molar-refractivity contribution < 1.29 is 14.0 Å². The Labute approximate surface area is 177 Å².